The van der Waals surface area contributed by atoms with Crippen molar-refractivity contribution in [3.8, 4) is 44.5 Å². The van der Waals surface area contributed by atoms with Gasteiger partial charge in [0, 0.05) is 64.4 Å². The second-order valence-electron chi connectivity index (χ2n) is 18.4. The first-order valence-corrected chi connectivity index (χ1v) is 22.8. The van der Waals surface area contributed by atoms with E-state index in [-0.39, 0.29) is 10.8 Å². The number of fused-ring (bicyclic) bond motifs is 12. The van der Waals surface area contributed by atoms with Crippen molar-refractivity contribution < 1.29 is 4.42 Å². The molecule has 0 N–H and O–H groups in total. The van der Waals surface area contributed by atoms with Crippen LogP contribution in [0.15, 0.2) is 192 Å². The number of anilines is 3. The minimum Gasteiger partial charge on any atom is -0.455 e. The topological polar surface area (TPSA) is 16.4 Å². The molecule has 0 unspecified atom stereocenters. The van der Waals surface area contributed by atoms with Gasteiger partial charge in [0.15, 0.2) is 0 Å². The van der Waals surface area contributed by atoms with E-state index in [1.807, 2.05) is 17.4 Å². The van der Waals surface area contributed by atoms with Crippen LogP contribution in [0.3, 0.4) is 0 Å². The first-order valence-electron chi connectivity index (χ1n) is 22.0. The molecule has 9 aromatic carbocycles. The molecule has 0 saturated carbocycles. The van der Waals surface area contributed by atoms with Crippen molar-refractivity contribution in [1.29, 1.82) is 0 Å². The Bertz CT molecular complexity index is 3680. The van der Waals surface area contributed by atoms with Gasteiger partial charge in [0.25, 0.3) is 0 Å². The molecular formula is C60H43NOS. The fourth-order valence-corrected chi connectivity index (χ4v) is 12.3. The van der Waals surface area contributed by atoms with Gasteiger partial charge in [0.2, 0.25) is 0 Å². The zero-order valence-electron chi connectivity index (χ0n) is 35.7. The Morgan fingerprint density at radius 2 is 1.03 bits per heavy atom. The second kappa shape index (κ2) is 13.2. The summed E-state index contributed by atoms with van der Waals surface area (Å²) in [6.45, 7) is 9.55. The lowest BCUT2D eigenvalue weighted by Crippen LogP contribution is -2.17. The Morgan fingerprint density at radius 1 is 0.397 bits per heavy atom. The number of rotatable bonds is 5. The summed E-state index contributed by atoms with van der Waals surface area (Å²) in [7, 11) is 0. The largest absolute Gasteiger partial charge is 0.455 e. The Morgan fingerprint density at radius 3 is 1.89 bits per heavy atom. The van der Waals surface area contributed by atoms with Crippen LogP contribution in [0.5, 0.6) is 0 Å². The van der Waals surface area contributed by atoms with Crippen LogP contribution in [0.25, 0.3) is 86.6 Å². The first kappa shape index (κ1) is 36.5. The predicted molar refractivity (Wildman–Crippen MR) is 267 cm³/mol. The van der Waals surface area contributed by atoms with E-state index in [0.29, 0.717) is 0 Å². The lowest BCUT2D eigenvalue weighted by atomic mass is 9.81. The van der Waals surface area contributed by atoms with Crippen LogP contribution >= 0.6 is 11.3 Å². The van der Waals surface area contributed by atoms with Crippen LogP contribution in [0.2, 0.25) is 0 Å². The van der Waals surface area contributed by atoms with Crippen molar-refractivity contribution in [2.45, 2.75) is 38.5 Å². The normalized spacial score (nSPS) is 14.3. The summed E-state index contributed by atoms with van der Waals surface area (Å²) in [4.78, 5) is 2.47. The monoisotopic (exact) mass is 825 g/mol. The van der Waals surface area contributed by atoms with E-state index in [1.54, 1.807) is 0 Å². The summed E-state index contributed by atoms with van der Waals surface area (Å²) < 4.78 is 9.18. The predicted octanol–water partition coefficient (Wildman–Crippen LogP) is 17.4. The first-order chi connectivity index (χ1) is 30.8. The number of benzene rings is 9. The van der Waals surface area contributed by atoms with Gasteiger partial charge in [-0.2, -0.15) is 0 Å². The molecule has 11 aromatic rings. The minimum atomic E-state index is -0.190. The zero-order valence-corrected chi connectivity index (χ0v) is 36.5. The number of furan rings is 1. The molecule has 2 aromatic heterocycles. The third-order valence-electron chi connectivity index (χ3n) is 14.3. The third kappa shape index (κ3) is 5.18. The van der Waals surface area contributed by atoms with E-state index in [0.717, 1.165) is 50.1 Å². The Kier molecular flexibility index (Phi) is 7.61. The lowest BCUT2D eigenvalue weighted by molar-refractivity contribution is 0.660. The highest BCUT2D eigenvalue weighted by Gasteiger charge is 2.40. The molecule has 0 aliphatic heterocycles. The summed E-state index contributed by atoms with van der Waals surface area (Å²) in [5.74, 6) is 0. The fourth-order valence-electron chi connectivity index (χ4n) is 11.2. The lowest BCUT2D eigenvalue weighted by Gasteiger charge is -2.29. The van der Waals surface area contributed by atoms with Gasteiger partial charge in [-0.05, 0) is 116 Å². The quantitative estimate of drug-likeness (QED) is 0.172. The van der Waals surface area contributed by atoms with Crippen molar-refractivity contribution in [3.63, 3.8) is 0 Å². The minimum absolute atomic E-state index is 0.136. The molecule has 2 aliphatic rings. The molecule has 2 heterocycles. The van der Waals surface area contributed by atoms with Crippen LogP contribution in [-0.2, 0) is 10.8 Å². The number of nitrogens with zero attached hydrogens (tertiary/aromatic N) is 1. The summed E-state index contributed by atoms with van der Waals surface area (Å²) in [5, 5.41) is 4.95. The molecule has 2 nitrogen and oxygen atoms in total. The smallest absolute Gasteiger partial charge is 0.143 e. The number of hydrogen-bond acceptors (Lipinski definition) is 3. The van der Waals surface area contributed by atoms with Crippen LogP contribution in [0, 0.1) is 0 Å². The summed E-state index contributed by atoms with van der Waals surface area (Å²) in [6, 6.07) is 69.6. The van der Waals surface area contributed by atoms with E-state index >= 15 is 0 Å². The Labute approximate surface area is 371 Å². The van der Waals surface area contributed by atoms with Gasteiger partial charge >= 0.3 is 0 Å². The molecule has 0 radical (unpaired) electrons. The van der Waals surface area contributed by atoms with Crippen LogP contribution in [-0.4, -0.2) is 0 Å². The molecule has 3 heteroatoms. The van der Waals surface area contributed by atoms with E-state index in [1.165, 1.54) is 75.8 Å². The van der Waals surface area contributed by atoms with Gasteiger partial charge in [0.1, 0.15) is 11.2 Å². The van der Waals surface area contributed by atoms with Crippen molar-refractivity contribution in [1.82, 2.24) is 0 Å². The van der Waals surface area contributed by atoms with Crippen LogP contribution < -0.4 is 4.90 Å². The van der Waals surface area contributed by atoms with Crippen molar-refractivity contribution in [3.05, 3.63) is 210 Å². The third-order valence-corrected chi connectivity index (χ3v) is 15.4. The summed E-state index contributed by atoms with van der Waals surface area (Å²) in [6.07, 6.45) is 0. The van der Waals surface area contributed by atoms with Gasteiger partial charge in [0.05, 0.1) is 0 Å². The molecule has 0 bridgehead atoms. The van der Waals surface area contributed by atoms with Crippen molar-refractivity contribution >= 4 is 70.5 Å². The van der Waals surface area contributed by atoms with Crippen molar-refractivity contribution in [2.75, 3.05) is 4.90 Å². The van der Waals surface area contributed by atoms with Gasteiger partial charge in [-0.25, -0.2) is 0 Å². The zero-order chi connectivity index (χ0) is 42.2. The highest BCUT2D eigenvalue weighted by Crippen LogP contribution is 2.58. The molecule has 63 heavy (non-hydrogen) atoms. The van der Waals surface area contributed by atoms with E-state index in [2.05, 4.69) is 215 Å². The maximum absolute atomic E-state index is 6.51. The van der Waals surface area contributed by atoms with Gasteiger partial charge < -0.3 is 9.32 Å². The fraction of sp³-hybridized carbons (Fsp3) is 0.100. The molecule has 0 atom stereocenters. The Hall–Kier alpha value is -7.20. The molecular weight excluding hydrogens is 783 g/mol. The molecule has 13 rings (SSSR count). The van der Waals surface area contributed by atoms with E-state index in [9.17, 15) is 0 Å². The average Bonchev–Trinajstić information content (AvgIpc) is 4.01. The van der Waals surface area contributed by atoms with Crippen LogP contribution in [0.4, 0.5) is 17.1 Å². The maximum atomic E-state index is 6.51. The summed E-state index contributed by atoms with van der Waals surface area (Å²) in [5.41, 5.74) is 20.5. The van der Waals surface area contributed by atoms with E-state index in [4.69, 9.17) is 4.42 Å². The standard InChI is InChI=1S/C60H43NOS/c1-59(2)48-22-11-8-17-42(48)43-31-29-40(34-50(43)59)61(38-27-25-36(26-28-38)41-20-14-21-45-44-18-9-12-23-52(44)62-58(41)45)39-30-32-49-47(33-39)56-51(60(49,3)4)35-54-57(46-19-10-13-24-53(46)63-54)55(56)37-15-6-5-7-16-37/h5-35H,1-4H3. The van der Waals surface area contributed by atoms with Crippen molar-refractivity contribution in [2.24, 2.45) is 0 Å². The molecule has 2 aliphatic carbocycles. The maximum Gasteiger partial charge on any atom is 0.143 e. The molecule has 0 saturated heterocycles. The van der Waals surface area contributed by atoms with Crippen LogP contribution in [0.1, 0.15) is 49.9 Å². The molecule has 0 amide bonds. The highest BCUT2D eigenvalue weighted by molar-refractivity contribution is 7.26. The van der Waals surface area contributed by atoms with Gasteiger partial charge in [-0.15, -0.1) is 11.3 Å². The molecule has 300 valence electrons. The second-order valence-corrected chi connectivity index (χ2v) is 19.5. The number of para-hydroxylation sites is 2. The Balaban J connectivity index is 1.03. The van der Waals surface area contributed by atoms with Gasteiger partial charge in [-0.3, -0.25) is 0 Å². The number of thiophene rings is 1. The highest BCUT2D eigenvalue weighted by atomic mass is 32.1. The SMILES string of the molecule is CC1(C)c2ccccc2-c2ccc(N(c3ccc(-c4cccc5c4oc4ccccc45)cc3)c3ccc4c(c3)-c3c(cc5sc6ccccc6c5c3-c3ccccc3)C4(C)C)cc21. The van der Waals surface area contributed by atoms with Gasteiger partial charge in [-0.1, -0.05) is 161 Å². The van der Waals surface area contributed by atoms with E-state index < -0.39 is 0 Å². The molecule has 0 spiro atoms. The summed E-state index contributed by atoms with van der Waals surface area (Å²) >= 11 is 1.91. The number of hydrogen-bond donors (Lipinski definition) is 0. The average molecular weight is 826 g/mol. The molecule has 0 fully saturated rings.